The first-order valence-corrected chi connectivity index (χ1v) is 15.3. The summed E-state index contributed by atoms with van der Waals surface area (Å²) in [7, 11) is 3.19. The molecule has 0 radical (unpaired) electrons. The lowest BCUT2D eigenvalue weighted by Gasteiger charge is -2.34. The topological polar surface area (TPSA) is 135 Å². The van der Waals surface area contributed by atoms with Crippen LogP contribution in [-0.4, -0.2) is 97.6 Å². The molecule has 2 heterocycles. The smallest absolute Gasteiger partial charge is 0.251 e. The molecule has 1 saturated heterocycles. The molecule has 1 aliphatic heterocycles. The van der Waals surface area contributed by atoms with E-state index in [4.69, 9.17) is 19.2 Å². The van der Waals surface area contributed by atoms with E-state index in [1.165, 1.54) is 0 Å². The Hall–Kier alpha value is -5.33. The molecule has 2 N–H and O–H groups in total. The van der Waals surface area contributed by atoms with Crippen LogP contribution < -0.4 is 20.1 Å². The van der Waals surface area contributed by atoms with E-state index in [0.29, 0.717) is 61.6 Å². The summed E-state index contributed by atoms with van der Waals surface area (Å²) in [6, 6.07) is 26.1. The number of hydrogen-bond acceptors (Lipinski definition) is 9. The van der Waals surface area contributed by atoms with Gasteiger partial charge < -0.3 is 29.7 Å². The van der Waals surface area contributed by atoms with Gasteiger partial charge in [-0.2, -0.15) is 0 Å². The van der Waals surface area contributed by atoms with Gasteiger partial charge in [0, 0.05) is 49.9 Å². The van der Waals surface area contributed by atoms with Gasteiger partial charge in [-0.3, -0.25) is 19.3 Å². The number of anilines is 1. The molecule has 0 atom stereocenters. The van der Waals surface area contributed by atoms with E-state index in [9.17, 15) is 14.4 Å². The molecule has 0 unspecified atom stereocenters. The maximum atomic E-state index is 12.8. The second-order valence-electron chi connectivity index (χ2n) is 10.9. The third kappa shape index (κ3) is 9.58. The summed E-state index contributed by atoms with van der Waals surface area (Å²) in [6.07, 6.45) is 0. The first-order valence-electron chi connectivity index (χ1n) is 15.3. The standard InChI is InChI=1S/C35H38N6O6/c1-45-28-12-8-26(9-13-28)30-20-31(39-35(37-30)27-10-14-29(46-2)15-11-27)38-33(43)23-47-24-34(44)41-18-16-40(17-19-41)22-32(42)36-21-25-6-4-3-5-7-25/h3-15,20H,16-19,21-24H2,1-2H3,(H,36,42)(H,37,38,39,43). The van der Waals surface area contributed by atoms with Crippen molar-refractivity contribution in [3.05, 3.63) is 90.5 Å². The molecule has 47 heavy (non-hydrogen) atoms. The number of piperazine rings is 1. The average molecular weight is 639 g/mol. The number of ether oxygens (including phenoxy) is 3. The minimum atomic E-state index is -0.454. The zero-order valence-corrected chi connectivity index (χ0v) is 26.5. The van der Waals surface area contributed by atoms with Gasteiger partial charge in [0.25, 0.3) is 5.91 Å². The van der Waals surface area contributed by atoms with Gasteiger partial charge in [-0.25, -0.2) is 9.97 Å². The summed E-state index contributed by atoms with van der Waals surface area (Å²) in [5, 5.41) is 5.70. The van der Waals surface area contributed by atoms with Gasteiger partial charge in [0.1, 0.15) is 30.5 Å². The van der Waals surface area contributed by atoms with Crippen LogP contribution in [0.1, 0.15) is 5.56 Å². The summed E-state index contributed by atoms with van der Waals surface area (Å²) in [5.41, 5.74) is 3.20. The van der Waals surface area contributed by atoms with Crippen LogP contribution in [0.3, 0.4) is 0 Å². The quantitative estimate of drug-likeness (QED) is 0.226. The van der Waals surface area contributed by atoms with Gasteiger partial charge in [0.05, 0.1) is 26.5 Å². The zero-order valence-electron chi connectivity index (χ0n) is 26.5. The number of nitrogens with one attached hydrogen (secondary N) is 2. The summed E-state index contributed by atoms with van der Waals surface area (Å²) in [4.78, 5) is 50.9. The summed E-state index contributed by atoms with van der Waals surface area (Å²) in [6.45, 7) is 2.30. The van der Waals surface area contributed by atoms with Gasteiger partial charge in [-0.1, -0.05) is 30.3 Å². The monoisotopic (exact) mass is 638 g/mol. The predicted molar refractivity (Wildman–Crippen MR) is 177 cm³/mol. The van der Waals surface area contributed by atoms with Gasteiger partial charge >= 0.3 is 0 Å². The van der Waals surface area contributed by atoms with Crippen molar-refractivity contribution >= 4 is 23.5 Å². The largest absolute Gasteiger partial charge is 0.497 e. The Kier molecular flexibility index (Phi) is 11.5. The maximum Gasteiger partial charge on any atom is 0.251 e. The predicted octanol–water partition coefficient (Wildman–Crippen LogP) is 3.24. The number of rotatable bonds is 13. The SMILES string of the molecule is COc1ccc(-c2cc(NC(=O)COCC(=O)N3CCN(CC(=O)NCc4ccccc4)CC3)nc(-c3ccc(OC)cc3)n2)cc1. The van der Waals surface area contributed by atoms with Crippen LogP contribution in [0.15, 0.2) is 84.9 Å². The van der Waals surface area contributed by atoms with Crippen LogP contribution in [0.5, 0.6) is 11.5 Å². The molecule has 3 aromatic carbocycles. The first kappa shape index (κ1) is 33.0. The minimum Gasteiger partial charge on any atom is -0.497 e. The Morgan fingerprint density at radius 1 is 0.745 bits per heavy atom. The van der Waals surface area contributed by atoms with Crippen LogP contribution in [-0.2, 0) is 25.7 Å². The molecular weight excluding hydrogens is 600 g/mol. The van der Waals surface area contributed by atoms with E-state index in [2.05, 4.69) is 15.6 Å². The molecule has 0 spiro atoms. The van der Waals surface area contributed by atoms with Crippen molar-refractivity contribution < 1.29 is 28.6 Å². The van der Waals surface area contributed by atoms with Crippen molar-refractivity contribution in [3.63, 3.8) is 0 Å². The highest BCUT2D eigenvalue weighted by molar-refractivity contribution is 5.92. The molecule has 0 saturated carbocycles. The number of hydrogen-bond donors (Lipinski definition) is 2. The molecule has 5 rings (SSSR count). The molecule has 0 aliphatic carbocycles. The van der Waals surface area contributed by atoms with Crippen LogP contribution in [0.25, 0.3) is 22.6 Å². The van der Waals surface area contributed by atoms with Crippen LogP contribution >= 0.6 is 0 Å². The van der Waals surface area contributed by atoms with Gasteiger partial charge in [-0.05, 0) is 54.1 Å². The normalized spacial score (nSPS) is 13.1. The molecule has 4 aromatic rings. The highest BCUT2D eigenvalue weighted by Crippen LogP contribution is 2.27. The molecule has 12 nitrogen and oxygen atoms in total. The van der Waals surface area contributed by atoms with Gasteiger partial charge in [-0.15, -0.1) is 0 Å². The van der Waals surface area contributed by atoms with Crippen molar-refractivity contribution in [2.24, 2.45) is 0 Å². The number of nitrogens with zero attached hydrogens (tertiary/aromatic N) is 4. The van der Waals surface area contributed by atoms with E-state index < -0.39 is 5.91 Å². The van der Waals surface area contributed by atoms with E-state index in [1.807, 2.05) is 83.8 Å². The van der Waals surface area contributed by atoms with E-state index in [-0.39, 0.29) is 31.6 Å². The lowest BCUT2D eigenvalue weighted by Crippen LogP contribution is -2.51. The molecule has 3 amide bonds. The van der Waals surface area contributed by atoms with E-state index in [1.54, 1.807) is 25.2 Å². The first-order chi connectivity index (χ1) is 22.9. The van der Waals surface area contributed by atoms with Crippen molar-refractivity contribution in [1.29, 1.82) is 0 Å². The fraction of sp³-hybridized carbons (Fsp3) is 0.286. The van der Waals surface area contributed by atoms with Gasteiger partial charge in [0.15, 0.2) is 5.82 Å². The molecular formula is C35H38N6O6. The number of aromatic nitrogens is 2. The molecule has 1 aliphatic rings. The average Bonchev–Trinajstić information content (AvgIpc) is 3.11. The number of carbonyl (C=O) groups is 3. The molecule has 244 valence electrons. The highest BCUT2D eigenvalue weighted by atomic mass is 16.5. The summed E-state index contributed by atoms with van der Waals surface area (Å²) < 4.78 is 16.0. The molecule has 1 fully saturated rings. The van der Waals surface area contributed by atoms with Crippen molar-refractivity contribution in [3.8, 4) is 34.1 Å². The second kappa shape index (κ2) is 16.3. The molecule has 12 heteroatoms. The summed E-state index contributed by atoms with van der Waals surface area (Å²) in [5.74, 6) is 1.40. The van der Waals surface area contributed by atoms with E-state index >= 15 is 0 Å². The van der Waals surface area contributed by atoms with Crippen molar-refractivity contribution in [1.82, 2.24) is 25.1 Å². The third-order valence-electron chi connectivity index (χ3n) is 7.61. The van der Waals surface area contributed by atoms with Crippen molar-refractivity contribution in [2.45, 2.75) is 6.54 Å². The van der Waals surface area contributed by atoms with E-state index in [0.717, 1.165) is 16.7 Å². The lowest BCUT2D eigenvalue weighted by atomic mass is 10.1. The Morgan fingerprint density at radius 3 is 2.02 bits per heavy atom. The maximum absolute atomic E-state index is 12.8. The number of carbonyl (C=O) groups excluding carboxylic acids is 3. The zero-order chi connectivity index (χ0) is 33.0. The Morgan fingerprint density at radius 2 is 1.38 bits per heavy atom. The lowest BCUT2D eigenvalue weighted by molar-refractivity contribution is -0.139. The number of methoxy groups -OCH3 is 2. The van der Waals surface area contributed by atoms with Crippen LogP contribution in [0, 0.1) is 0 Å². The fourth-order valence-electron chi connectivity index (χ4n) is 5.00. The Labute approximate surface area is 273 Å². The number of benzene rings is 3. The third-order valence-corrected chi connectivity index (χ3v) is 7.61. The van der Waals surface area contributed by atoms with Crippen molar-refractivity contribution in [2.75, 3.05) is 65.5 Å². The molecule has 0 bridgehead atoms. The molecule has 1 aromatic heterocycles. The highest BCUT2D eigenvalue weighted by Gasteiger charge is 2.23. The Balaban J connectivity index is 1.11. The Bertz CT molecular complexity index is 1580. The van der Waals surface area contributed by atoms with Crippen LogP contribution in [0.4, 0.5) is 5.82 Å². The second-order valence-corrected chi connectivity index (χ2v) is 10.9. The van der Waals surface area contributed by atoms with Gasteiger partial charge in [0.2, 0.25) is 11.8 Å². The summed E-state index contributed by atoms with van der Waals surface area (Å²) >= 11 is 0. The fourth-order valence-corrected chi connectivity index (χ4v) is 5.00. The minimum absolute atomic E-state index is 0.0566. The van der Waals surface area contributed by atoms with Crippen LogP contribution in [0.2, 0.25) is 0 Å². The number of amides is 3.